The Balaban J connectivity index is 2.34. The molecule has 2 N–H and O–H groups in total. The van der Waals surface area contributed by atoms with Crippen molar-refractivity contribution in [1.29, 1.82) is 0 Å². The number of ether oxygens (including phenoxy) is 2. The van der Waals surface area contributed by atoms with Gasteiger partial charge in [-0.15, -0.1) is 0 Å². The number of nitrogen functional groups attached to an aromatic ring is 1. The van der Waals surface area contributed by atoms with Crippen molar-refractivity contribution in [2.75, 3.05) is 12.8 Å². The molecule has 2 aromatic rings. The van der Waals surface area contributed by atoms with Crippen LogP contribution in [-0.4, -0.2) is 7.11 Å². The number of methoxy groups -OCH3 is 1. The van der Waals surface area contributed by atoms with Crippen LogP contribution < -0.4 is 15.2 Å². The maximum Gasteiger partial charge on any atom is 0.168 e. The van der Waals surface area contributed by atoms with Gasteiger partial charge in [0.1, 0.15) is 11.5 Å². The maximum atomic E-state index is 13.6. The van der Waals surface area contributed by atoms with Crippen LogP contribution in [0.2, 0.25) is 0 Å². The molecule has 0 aliphatic carbocycles. The van der Waals surface area contributed by atoms with Gasteiger partial charge in [-0.2, -0.15) is 0 Å². The molecule has 19 heavy (non-hydrogen) atoms. The summed E-state index contributed by atoms with van der Waals surface area (Å²) in [5.41, 5.74) is 5.62. The summed E-state index contributed by atoms with van der Waals surface area (Å²) in [6, 6.07) is 5.13. The van der Waals surface area contributed by atoms with Crippen LogP contribution in [0.5, 0.6) is 17.2 Å². The summed E-state index contributed by atoms with van der Waals surface area (Å²) in [5, 5.41) is 0. The van der Waals surface area contributed by atoms with E-state index in [9.17, 15) is 13.2 Å². The fourth-order valence-electron chi connectivity index (χ4n) is 1.47. The molecule has 0 radical (unpaired) electrons. The average Bonchev–Trinajstić information content (AvgIpc) is 2.37. The minimum absolute atomic E-state index is 0.0374. The quantitative estimate of drug-likeness (QED) is 0.867. The Bertz CT molecular complexity index is 617. The van der Waals surface area contributed by atoms with Crippen molar-refractivity contribution < 1.29 is 22.6 Å². The Labute approximate surface area is 107 Å². The van der Waals surface area contributed by atoms with E-state index in [1.54, 1.807) is 0 Å². The van der Waals surface area contributed by atoms with E-state index in [4.69, 9.17) is 15.2 Å². The zero-order valence-corrected chi connectivity index (χ0v) is 9.91. The predicted molar refractivity (Wildman–Crippen MR) is 63.8 cm³/mol. The second-order valence-corrected chi connectivity index (χ2v) is 3.70. The molecule has 0 unspecified atom stereocenters. The Morgan fingerprint density at radius 2 is 1.63 bits per heavy atom. The fourth-order valence-corrected chi connectivity index (χ4v) is 1.47. The van der Waals surface area contributed by atoms with Crippen LogP contribution in [0, 0.1) is 17.5 Å². The van der Waals surface area contributed by atoms with E-state index in [-0.39, 0.29) is 22.9 Å². The van der Waals surface area contributed by atoms with Crippen LogP contribution in [-0.2, 0) is 0 Å². The number of halogens is 3. The molecule has 2 aromatic carbocycles. The topological polar surface area (TPSA) is 44.5 Å². The third-order valence-electron chi connectivity index (χ3n) is 2.40. The van der Waals surface area contributed by atoms with E-state index in [0.717, 1.165) is 18.2 Å². The van der Waals surface area contributed by atoms with Crippen LogP contribution >= 0.6 is 0 Å². The molecule has 0 atom stereocenters. The Morgan fingerprint density at radius 1 is 0.895 bits per heavy atom. The van der Waals surface area contributed by atoms with Crippen LogP contribution in [0.15, 0.2) is 30.3 Å². The third kappa shape index (κ3) is 2.73. The summed E-state index contributed by atoms with van der Waals surface area (Å²) in [6.45, 7) is 0. The molecule has 0 heterocycles. The normalized spacial score (nSPS) is 10.3. The van der Waals surface area contributed by atoms with Crippen molar-refractivity contribution in [2.24, 2.45) is 0 Å². The van der Waals surface area contributed by atoms with Gasteiger partial charge in [-0.3, -0.25) is 0 Å². The van der Waals surface area contributed by atoms with Crippen LogP contribution in [0.4, 0.5) is 18.9 Å². The highest BCUT2D eigenvalue weighted by Gasteiger charge is 2.11. The maximum absolute atomic E-state index is 13.6. The van der Waals surface area contributed by atoms with E-state index in [1.165, 1.54) is 19.2 Å². The molecule has 6 heteroatoms. The number of benzene rings is 2. The van der Waals surface area contributed by atoms with Gasteiger partial charge in [0.05, 0.1) is 12.8 Å². The molecule has 2 rings (SSSR count). The molecule has 0 bridgehead atoms. The van der Waals surface area contributed by atoms with Crippen molar-refractivity contribution in [2.45, 2.75) is 0 Å². The Kier molecular flexibility index (Phi) is 3.50. The van der Waals surface area contributed by atoms with E-state index in [1.807, 2.05) is 0 Å². The lowest BCUT2D eigenvalue weighted by atomic mass is 10.2. The second kappa shape index (κ2) is 5.09. The summed E-state index contributed by atoms with van der Waals surface area (Å²) in [5.74, 6) is -2.84. The molecule has 100 valence electrons. The van der Waals surface area contributed by atoms with Crippen LogP contribution in [0.25, 0.3) is 0 Å². The molecule has 0 spiro atoms. The molecule has 0 aliphatic heterocycles. The number of hydrogen-bond donors (Lipinski definition) is 1. The molecule has 0 fully saturated rings. The molecule has 0 amide bonds. The lowest BCUT2D eigenvalue weighted by Crippen LogP contribution is -1.96. The molecular weight excluding hydrogens is 259 g/mol. The highest BCUT2D eigenvalue weighted by molar-refractivity contribution is 5.56. The zero-order valence-electron chi connectivity index (χ0n) is 9.91. The second-order valence-electron chi connectivity index (χ2n) is 3.70. The summed E-state index contributed by atoms with van der Waals surface area (Å²) < 4.78 is 49.4. The molecule has 0 saturated heterocycles. The van der Waals surface area contributed by atoms with E-state index in [2.05, 4.69) is 0 Å². The first kappa shape index (κ1) is 13.1. The predicted octanol–water partition coefficient (Wildman–Crippen LogP) is 3.49. The summed E-state index contributed by atoms with van der Waals surface area (Å²) in [4.78, 5) is 0. The van der Waals surface area contributed by atoms with Gasteiger partial charge in [0.15, 0.2) is 23.2 Å². The monoisotopic (exact) mass is 269 g/mol. The summed E-state index contributed by atoms with van der Waals surface area (Å²) in [7, 11) is 1.37. The van der Waals surface area contributed by atoms with E-state index < -0.39 is 17.5 Å². The van der Waals surface area contributed by atoms with Crippen molar-refractivity contribution in [3.63, 3.8) is 0 Å². The van der Waals surface area contributed by atoms with Crippen LogP contribution in [0.1, 0.15) is 0 Å². The SMILES string of the molecule is COc1cc(Oc2ccc(F)c(F)c2)c(F)cc1N. The first-order valence-electron chi connectivity index (χ1n) is 5.27. The van der Waals surface area contributed by atoms with Gasteiger partial charge in [0.25, 0.3) is 0 Å². The molecule has 3 nitrogen and oxygen atoms in total. The Hall–Kier alpha value is -2.37. The standard InChI is InChI=1S/C13H10F3NO2/c1-18-13-6-12(10(16)5-11(13)17)19-7-2-3-8(14)9(15)4-7/h2-6H,17H2,1H3. The van der Waals surface area contributed by atoms with Crippen molar-refractivity contribution in [1.82, 2.24) is 0 Å². The Morgan fingerprint density at radius 3 is 2.26 bits per heavy atom. The molecular formula is C13H10F3NO2. The van der Waals surface area contributed by atoms with Gasteiger partial charge < -0.3 is 15.2 Å². The van der Waals surface area contributed by atoms with E-state index in [0.29, 0.717) is 0 Å². The van der Waals surface area contributed by atoms with Crippen molar-refractivity contribution in [3.8, 4) is 17.2 Å². The van der Waals surface area contributed by atoms with Crippen molar-refractivity contribution >= 4 is 5.69 Å². The largest absolute Gasteiger partial charge is 0.494 e. The smallest absolute Gasteiger partial charge is 0.168 e. The first-order chi connectivity index (χ1) is 9.01. The van der Waals surface area contributed by atoms with Gasteiger partial charge in [-0.1, -0.05) is 0 Å². The number of hydrogen-bond acceptors (Lipinski definition) is 3. The minimum atomic E-state index is -1.08. The van der Waals surface area contributed by atoms with Gasteiger partial charge >= 0.3 is 0 Å². The van der Waals surface area contributed by atoms with Gasteiger partial charge in [0, 0.05) is 18.2 Å². The van der Waals surface area contributed by atoms with Crippen LogP contribution in [0.3, 0.4) is 0 Å². The number of nitrogens with two attached hydrogens (primary N) is 1. The summed E-state index contributed by atoms with van der Waals surface area (Å²) in [6.07, 6.45) is 0. The lowest BCUT2D eigenvalue weighted by Gasteiger charge is -2.10. The third-order valence-corrected chi connectivity index (χ3v) is 2.40. The van der Waals surface area contributed by atoms with Gasteiger partial charge in [0.2, 0.25) is 0 Å². The fraction of sp³-hybridized carbons (Fsp3) is 0.0769. The van der Waals surface area contributed by atoms with Gasteiger partial charge in [-0.25, -0.2) is 13.2 Å². The lowest BCUT2D eigenvalue weighted by molar-refractivity contribution is 0.401. The molecule has 0 aliphatic rings. The van der Waals surface area contributed by atoms with Crippen molar-refractivity contribution in [3.05, 3.63) is 47.8 Å². The number of rotatable bonds is 3. The summed E-state index contributed by atoms with van der Waals surface area (Å²) >= 11 is 0. The van der Waals surface area contributed by atoms with Gasteiger partial charge in [-0.05, 0) is 12.1 Å². The zero-order chi connectivity index (χ0) is 14.0. The number of anilines is 1. The highest BCUT2D eigenvalue weighted by atomic mass is 19.2. The van der Waals surface area contributed by atoms with E-state index >= 15 is 0 Å². The average molecular weight is 269 g/mol. The minimum Gasteiger partial charge on any atom is -0.494 e. The molecule has 0 aromatic heterocycles. The molecule has 0 saturated carbocycles. The highest BCUT2D eigenvalue weighted by Crippen LogP contribution is 2.33. The first-order valence-corrected chi connectivity index (χ1v) is 5.27.